The molecule has 0 bridgehead atoms. The molecule has 1 amide bonds. The van der Waals surface area contributed by atoms with Gasteiger partial charge in [0.15, 0.2) is 0 Å². The van der Waals surface area contributed by atoms with Gasteiger partial charge in [0.25, 0.3) is 0 Å². The zero-order chi connectivity index (χ0) is 8.43. The van der Waals surface area contributed by atoms with E-state index in [0.29, 0.717) is 0 Å². The Hall–Kier alpha value is -1.11. The van der Waals surface area contributed by atoms with Crippen LogP contribution in [0.15, 0.2) is 0 Å². The second kappa shape index (κ2) is 2.87. The minimum atomic E-state index is -1.02. The average molecular weight is 156 g/mol. The Morgan fingerprint density at radius 2 is 2.45 bits per heavy atom. The Morgan fingerprint density at radius 3 is 2.82 bits per heavy atom. The van der Waals surface area contributed by atoms with Gasteiger partial charge in [-0.3, -0.25) is 4.79 Å². The summed E-state index contributed by atoms with van der Waals surface area (Å²) in [5.41, 5.74) is 0. The molecule has 1 heterocycles. The number of hydrogen-bond acceptors (Lipinski definition) is 2. The molecule has 2 atom stereocenters. The summed E-state index contributed by atoms with van der Waals surface area (Å²) < 4.78 is 12.6. The van der Waals surface area contributed by atoms with E-state index in [0.717, 1.165) is 0 Å². The number of nitrogens with zero attached hydrogens (tertiary/aromatic N) is 2. The van der Waals surface area contributed by atoms with E-state index in [4.69, 9.17) is 5.26 Å². The van der Waals surface area contributed by atoms with Gasteiger partial charge in [0.05, 0.1) is 12.6 Å². The fourth-order valence-electron chi connectivity index (χ4n) is 1.26. The molecule has 0 N–H and O–H groups in total. The highest BCUT2D eigenvalue weighted by atomic mass is 19.1. The molecule has 1 rings (SSSR count). The molecule has 1 saturated heterocycles. The molecule has 1 fully saturated rings. The summed E-state index contributed by atoms with van der Waals surface area (Å²) in [5, 5.41) is 8.49. The lowest BCUT2D eigenvalue weighted by atomic mass is 10.2. The standard InChI is InChI=1S/C7H9FN2O/c1-5(11)10-4-6(8)2-7(10)3-9/h6-7H,2,4H2,1H3/t6-,7+/m1/s1. The lowest BCUT2D eigenvalue weighted by Crippen LogP contribution is -2.32. The molecule has 3 nitrogen and oxygen atoms in total. The summed E-state index contributed by atoms with van der Waals surface area (Å²) in [7, 11) is 0. The third-order valence-corrected chi connectivity index (χ3v) is 1.80. The van der Waals surface area contributed by atoms with Crippen LogP contribution < -0.4 is 0 Å². The van der Waals surface area contributed by atoms with Crippen molar-refractivity contribution in [3.05, 3.63) is 0 Å². The summed E-state index contributed by atoms with van der Waals surface area (Å²) in [5.74, 6) is -0.225. The monoisotopic (exact) mass is 156 g/mol. The molecule has 0 aliphatic carbocycles. The second-order valence-corrected chi connectivity index (χ2v) is 2.65. The van der Waals surface area contributed by atoms with Crippen molar-refractivity contribution in [3.63, 3.8) is 0 Å². The summed E-state index contributed by atoms with van der Waals surface area (Å²) in [4.78, 5) is 12.0. The van der Waals surface area contributed by atoms with Gasteiger partial charge in [0.1, 0.15) is 12.2 Å². The first-order valence-electron chi connectivity index (χ1n) is 3.46. The maximum Gasteiger partial charge on any atom is 0.220 e. The van der Waals surface area contributed by atoms with Gasteiger partial charge in [-0.15, -0.1) is 0 Å². The van der Waals surface area contributed by atoms with E-state index in [1.54, 1.807) is 0 Å². The van der Waals surface area contributed by atoms with Crippen LogP contribution in [0.4, 0.5) is 4.39 Å². The Labute approximate surface area is 64.4 Å². The van der Waals surface area contributed by atoms with Gasteiger partial charge >= 0.3 is 0 Å². The molecule has 0 aromatic heterocycles. The highest BCUT2D eigenvalue weighted by Crippen LogP contribution is 2.19. The summed E-state index contributed by atoms with van der Waals surface area (Å²) in [6, 6.07) is 1.34. The van der Waals surface area contributed by atoms with E-state index in [9.17, 15) is 9.18 Å². The Balaban J connectivity index is 2.67. The van der Waals surface area contributed by atoms with Gasteiger partial charge in [-0.05, 0) is 0 Å². The number of carbonyl (C=O) groups is 1. The van der Waals surface area contributed by atoms with Crippen molar-refractivity contribution in [2.75, 3.05) is 6.54 Å². The van der Waals surface area contributed by atoms with Crippen LogP contribution in [0.1, 0.15) is 13.3 Å². The molecule has 0 spiro atoms. The van der Waals surface area contributed by atoms with Crippen molar-refractivity contribution in [2.24, 2.45) is 0 Å². The number of likely N-dealkylation sites (tertiary alicyclic amines) is 1. The minimum absolute atomic E-state index is 0.0769. The molecule has 0 radical (unpaired) electrons. The maximum atomic E-state index is 12.6. The molecular weight excluding hydrogens is 147 g/mol. The molecule has 0 saturated carbocycles. The molecule has 11 heavy (non-hydrogen) atoms. The zero-order valence-corrected chi connectivity index (χ0v) is 6.25. The van der Waals surface area contributed by atoms with E-state index in [1.807, 2.05) is 6.07 Å². The Morgan fingerprint density at radius 1 is 1.82 bits per heavy atom. The molecule has 0 unspecified atom stereocenters. The second-order valence-electron chi connectivity index (χ2n) is 2.65. The van der Waals surface area contributed by atoms with Crippen LogP contribution >= 0.6 is 0 Å². The molecule has 0 aromatic rings. The van der Waals surface area contributed by atoms with Crippen molar-refractivity contribution < 1.29 is 9.18 Å². The number of amides is 1. The molecule has 1 aliphatic heterocycles. The fourth-order valence-corrected chi connectivity index (χ4v) is 1.26. The number of halogens is 1. The number of rotatable bonds is 0. The van der Waals surface area contributed by atoms with Crippen LogP contribution in [0.25, 0.3) is 0 Å². The molecule has 0 aromatic carbocycles. The predicted molar refractivity (Wildman–Crippen MR) is 36.3 cm³/mol. The number of hydrogen-bond donors (Lipinski definition) is 0. The number of alkyl halides is 1. The summed E-state index contributed by atoms with van der Waals surface area (Å²) >= 11 is 0. The minimum Gasteiger partial charge on any atom is -0.324 e. The first kappa shape index (κ1) is 7.99. The lowest BCUT2D eigenvalue weighted by Gasteiger charge is -2.15. The maximum absolute atomic E-state index is 12.6. The average Bonchev–Trinajstić information content (AvgIpc) is 2.30. The Kier molecular flexibility index (Phi) is 2.08. The van der Waals surface area contributed by atoms with E-state index in [2.05, 4.69) is 0 Å². The molecule has 60 valence electrons. The van der Waals surface area contributed by atoms with Gasteiger partial charge in [0.2, 0.25) is 5.91 Å². The first-order valence-corrected chi connectivity index (χ1v) is 3.46. The van der Waals surface area contributed by atoms with Crippen LogP contribution in [0.2, 0.25) is 0 Å². The van der Waals surface area contributed by atoms with Gasteiger partial charge < -0.3 is 4.90 Å². The van der Waals surface area contributed by atoms with Gasteiger partial charge in [-0.25, -0.2) is 4.39 Å². The van der Waals surface area contributed by atoms with E-state index >= 15 is 0 Å². The largest absolute Gasteiger partial charge is 0.324 e. The van der Waals surface area contributed by atoms with Crippen LogP contribution in [-0.4, -0.2) is 29.6 Å². The lowest BCUT2D eigenvalue weighted by molar-refractivity contribution is -0.128. The van der Waals surface area contributed by atoms with E-state index < -0.39 is 12.2 Å². The van der Waals surface area contributed by atoms with Crippen LogP contribution in [-0.2, 0) is 4.79 Å². The highest BCUT2D eigenvalue weighted by molar-refractivity contribution is 5.74. The van der Waals surface area contributed by atoms with Gasteiger partial charge in [-0.1, -0.05) is 0 Å². The van der Waals surface area contributed by atoms with Crippen molar-refractivity contribution in [2.45, 2.75) is 25.6 Å². The van der Waals surface area contributed by atoms with E-state index in [1.165, 1.54) is 11.8 Å². The SMILES string of the molecule is CC(=O)N1C[C@H](F)C[C@H]1C#N. The third-order valence-electron chi connectivity index (χ3n) is 1.80. The van der Waals surface area contributed by atoms with Gasteiger partial charge in [0, 0.05) is 13.3 Å². The van der Waals surface area contributed by atoms with E-state index in [-0.39, 0.29) is 18.9 Å². The van der Waals surface area contributed by atoms with Crippen LogP contribution in [0.5, 0.6) is 0 Å². The van der Waals surface area contributed by atoms with Crippen molar-refractivity contribution in [3.8, 4) is 6.07 Å². The topological polar surface area (TPSA) is 44.1 Å². The quantitative estimate of drug-likeness (QED) is 0.511. The summed E-state index contributed by atoms with van der Waals surface area (Å²) in [6.45, 7) is 1.43. The molecule has 1 aliphatic rings. The fraction of sp³-hybridized carbons (Fsp3) is 0.714. The van der Waals surface area contributed by atoms with Crippen LogP contribution in [0, 0.1) is 11.3 Å². The zero-order valence-electron chi connectivity index (χ0n) is 6.25. The summed E-state index contributed by atoms with van der Waals surface area (Å²) in [6.07, 6.45) is -0.862. The smallest absolute Gasteiger partial charge is 0.220 e. The number of nitriles is 1. The van der Waals surface area contributed by atoms with Crippen molar-refractivity contribution in [1.82, 2.24) is 4.90 Å². The number of carbonyl (C=O) groups excluding carboxylic acids is 1. The van der Waals surface area contributed by atoms with Crippen molar-refractivity contribution in [1.29, 1.82) is 5.26 Å². The molecule has 4 heteroatoms. The predicted octanol–water partition coefficient (Wildman–Crippen LogP) is 0.469. The Bertz CT molecular complexity index is 211. The highest BCUT2D eigenvalue weighted by Gasteiger charge is 2.33. The first-order chi connectivity index (χ1) is 5.15. The van der Waals surface area contributed by atoms with Gasteiger partial charge in [-0.2, -0.15) is 5.26 Å². The normalized spacial score (nSPS) is 30.1. The van der Waals surface area contributed by atoms with Crippen molar-refractivity contribution >= 4 is 5.91 Å². The third kappa shape index (κ3) is 1.48. The molecular formula is C7H9FN2O. The van der Waals surface area contributed by atoms with Crippen LogP contribution in [0.3, 0.4) is 0 Å².